The normalized spacial score (nSPS) is 19.9. The lowest BCUT2D eigenvalue weighted by atomic mass is 9.73. The summed E-state index contributed by atoms with van der Waals surface area (Å²) in [6.45, 7) is 6.79. The number of fused-ring (bicyclic) bond motifs is 1. The SMILES string of the molecule is Cc1cc2c(N)nc(C3CCC(C)(C)CC3)nc2s1. The van der Waals surface area contributed by atoms with E-state index in [0.717, 1.165) is 16.0 Å². The zero-order chi connectivity index (χ0) is 13.6. The van der Waals surface area contributed by atoms with Gasteiger partial charge in [-0.25, -0.2) is 9.97 Å². The molecule has 1 saturated carbocycles. The Morgan fingerprint density at radius 1 is 1.26 bits per heavy atom. The second-order valence-electron chi connectivity index (χ2n) is 6.48. The molecule has 0 aliphatic heterocycles. The maximum Gasteiger partial charge on any atom is 0.135 e. The van der Waals surface area contributed by atoms with Crippen LogP contribution in [0.4, 0.5) is 5.82 Å². The second kappa shape index (κ2) is 4.44. The lowest BCUT2D eigenvalue weighted by Crippen LogP contribution is -2.21. The maximum atomic E-state index is 6.09. The zero-order valence-corrected chi connectivity index (χ0v) is 12.7. The maximum absolute atomic E-state index is 6.09. The van der Waals surface area contributed by atoms with Crippen molar-refractivity contribution < 1.29 is 0 Å². The average molecular weight is 275 g/mol. The lowest BCUT2D eigenvalue weighted by molar-refractivity contribution is 0.221. The van der Waals surface area contributed by atoms with Gasteiger partial charge in [-0.15, -0.1) is 11.3 Å². The Morgan fingerprint density at radius 2 is 1.95 bits per heavy atom. The Morgan fingerprint density at radius 3 is 2.63 bits per heavy atom. The van der Waals surface area contributed by atoms with Crippen LogP contribution < -0.4 is 5.73 Å². The van der Waals surface area contributed by atoms with Gasteiger partial charge in [0.1, 0.15) is 16.5 Å². The summed E-state index contributed by atoms with van der Waals surface area (Å²) in [7, 11) is 0. The number of hydrogen-bond donors (Lipinski definition) is 1. The molecule has 102 valence electrons. The van der Waals surface area contributed by atoms with Gasteiger partial charge in [-0.05, 0) is 44.1 Å². The number of rotatable bonds is 1. The highest BCUT2D eigenvalue weighted by Crippen LogP contribution is 2.42. The molecule has 0 spiro atoms. The minimum Gasteiger partial charge on any atom is -0.383 e. The highest BCUT2D eigenvalue weighted by molar-refractivity contribution is 7.18. The topological polar surface area (TPSA) is 51.8 Å². The van der Waals surface area contributed by atoms with Crippen LogP contribution in [0.2, 0.25) is 0 Å². The van der Waals surface area contributed by atoms with Gasteiger partial charge < -0.3 is 5.73 Å². The van der Waals surface area contributed by atoms with Crippen LogP contribution in [0.15, 0.2) is 6.07 Å². The summed E-state index contributed by atoms with van der Waals surface area (Å²) in [5, 5.41) is 1.02. The number of thiophene rings is 1. The standard InChI is InChI=1S/C15H21N3S/c1-9-8-11-12(16)17-13(18-14(11)19-9)10-4-6-15(2,3)7-5-10/h8,10H,4-7H2,1-3H3,(H2,16,17,18). The second-order valence-corrected chi connectivity index (χ2v) is 7.72. The van der Waals surface area contributed by atoms with Gasteiger partial charge >= 0.3 is 0 Å². The van der Waals surface area contributed by atoms with Crippen LogP contribution in [0.3, 0.4) is 0 Å². The number of aryl methyl sites for hydroxylation is 1. The minimum absolute atomic E-state index is 0.478. The van der Waals surface area contributed by atoms with Crippen molar-refractivity contribution in [2.24, 2.45) is 5.41 Å². The third kappa shape index (κ3) is 2.46. The first kappa shape index (κ1) is 12.9. The molecule has 3 nitrogen and oxygen atoms in total. The van der Waals surface area contributed by atoms with Crippen LogP contribution in [0, 0.1) is 12.3 Å². The van der Waals surface area contributed by atoms with Gasteiger partial charge in [0.2, 0.25) is 0 Å². The predicted octanol–water partition coefficient (Wildman–Crippen LogP) is 4.27. The fourth-order valence-corrected chi connectivity index (χ4v) is 3.82. The molecule has 0 atom stereocenters. The molecule has 2 heterocycles. The van der Waals surface area contributed by atoms with Crippen LogP contribution >= 0.6 is 11.3 Å². The van der Waals surface area contributed by atoms with Crippen LogP contribution in [0.1, 0.15) is 56.2 Å². The lowest BCUT2D eigenvalue weighted by Gasteiger charge is -2.33. The Hall–Kier alpha value is -1.16. The number of hydrogen-bond acceptors (Lipinski definition) is 4. The molecule has 0 amide bonds. The van der Waals surface area contributed by atoms with Gasteiger partial charge in [0, 0.05) is 10.8 Å². The summed E-state index contributed by atoms with van der Waals surface area (Å²) in [5.74, 6) is 2.10. The summed E-state index contributed by atoms with van der Waals surface area (Å²) in [6, 6.07) is 2.09. The molecular weight excluding hydrogens is 254 g/mol. The molecule has 4 heteroatoms. The van der Waals surface area contributed by atoms with Crippen molar-refractivity contribution in [3.05, 3.63) is 16.8 Å². The molecule has 0 unspecified atom stereocenters. The van der Waals surface area contributed by atoms with E-state index in [4.69, 9.17) is 10.7 Å². The number of nitrogens with two attached hydrogens (primary N) is 1. The van der Waals surface area contributed by atoms with Gasteiger partial charge in [0.25, 0.3) is 0 Å². The van der Waals surface area contributed by atoms with E-state index in [9.17, 15) is 0 Å². The fourth-order valence-electron chi connectivity index (χ4n) is 2.92. The number of anilines is 1. The quantitative estimate of drug-likeness (QED) is 0.845. The molecule has 19 heavy (non-hydrogen) atoms. The van der Waals surface area contributed by atoms with E-state index in [0.29, 0.717) is 17.2 Å². The molecule has 2 N–H and O–H groups in total. The number of nitrogen functional groups attached to an aromatic ring is 1. The van der Waals surface area contributed by atoms with E-state index < -0.39 is 0 Å². The molecule has 2 aromatic heterocycles. The minimum atomic E-state index is 0.478. The van der Waals surface area contributed by atoms with E-state index in [1.807, 2.05) is 0 Å². The molecule has 1 aliphatic rings. The molecule has 1 aliphatic carbocycles. The van der Waals surface area contributed by atoms with E-state index in [1.165, 1.54) is 30.6 Å². The zero-order valence-electron chi connectivity index (χ0n) is 11.9. The van der Waals surface area contributed by atoms with Crippen molar-refractivity contribution >= 4 is 27.4 Å². The highest BCUT2D eigenvalue weighted by Gasteiger charge is 2.29. The molecule has 0 aromatic carbocycles. The van der Waals surface area contributed by atoms with Crippen molar-refractivity contribution in [3.63, 3.8) is 0 Å². The summed E-state index contributed by atoms with van der Waals surface area (Å²) in [6.07, 6.45) is 4.87. The molecular formula is C15H21N3S. The largest absolute Gasteiger partial charge is 0.383 e. The van der Waals surface area contributed by atoms with E-state index in [-0.39, 0.29) is 0 Å². The number of aromatic nitrogens is 2. The first-order valence-corrected chi connectivity index (χ1v) is 7.80. The summed E-state index contributed by atoms with van der Waals surface area (Å²) >= 11 is 1.71. The highest BCUT2D eigenvalue weighted by atomic mass is 32.1. The van der Waals surface area contributed by atoms with E-state index in [2.05, 4.69) is 31.8 Å². The molecule has 0 saturated heterocycles. The monoisotopic (exact) mass is 275 g/mol. The van der Waals surface area contributed by atoms with Gasteiger partial charge in [-0.2, -0.15) is 0 Å². The number of nitrogens with zero attached hydrogens (tertiary/aromatic N) is 2. The van der Waals surface area contributed by atoms with Crippen molar-refractivity contribution in [2.75, 3.05) is 5.73 Å². The molecule has 0 bridgehead atoms. The average Bonchev–Trinajstić information content (AvgIpc) is 2.70. The van der Waals surface area contributed by atoms with Crippen LogP contribution in [0.25, 0.3) is 10.2 Å². The van der Waals surface area contributed by atoms with Crippen LogP contribution in [0.5, 0.6) is 0 Å². The van der Waals surface area contributed by atoms with Crippen molar-refractivity contribution in [3.8, 4) is 0 Å². The van der Waals surface area contributed by atoms with Gasteiger partial charge in [0.05, 0.1) is 5.39 Å². The predicted molar refractivity (Wildman–Crippen MR) is 81.6 cm³/mol. The third-order valence-corrected chi connectivity index (χ3v) is 5.21. The molecule has 3 rings (SSSR count). The van der Waals surface area contributed by atoms with Gasteiger partial charge in [-0.1, -0.05) is 13.8 Å². The van der Waals surface area contributed by atoms with Crippen molar-refractivity contribution in [1.29, 1.82) is 0 Å². The third-order valence-electron chi connectivity index (χ3n) is 4.27. The Balaban J connectivity index is 1.93. The summed E-state index contributed by atoms with van der Waals surface area (Å²) in [4.78, 5) is 11.6. The Kier molecular flexibility index (Phi) is 3.01. The van der Waals surface area contributed by atoms with E-state index in [1.54, 1.807) is 11.3 Å². The summed E-state index contributed by atoms with van der Waals surface area (Å²) < 4.78 is 0. The molecule has 0 radical (unpaired) electrons. The van der Waals surface area contributed by atoms with Crippen LogP contribution in [-0.4, -0.2) is 9.97 Å². The smallest absolute Gasteiger partial charge is 0.135 e. The Bertz CT molecular complexity index is 605. The molecule has 2 aromatic rings. The molecule has 1 fully saturated rings. The first-order valence-electron chi connectivity index (χ1n) is 6.98. The van der Waals surface area contributed by atoms with Crippen LogP contribution in [-0.2, 0) is 0 Å². The Labute approximate surface area is 118 Å². The van der Waals surface area contributed by atoms with Crippen molar-refractivity contribution in [2.45, 2.75) is 52.4 Å². The van der Waals surface area contributed by atoms with Gasteiger partial charge in [-0.3, -0.25) is 0 Å². The summed E-state index contributed by atoms with van der Waals surface area (Å²) in [5.41, 5.74) is 6.56. The van der Waals surface area contributed by atoms with Crippen molar-refractivity contribution in [1.82, 2.24) is 9.97 Å². The fraction of sp³-hybridized carbons (Fsp3) is 0.600. The van der Waals surface area contributed by atoms with E-state index >= 15 is 0 Å². The first-order chi connectivity index (χ1) is 8.94. The van der Waals surface area contributed by atoms with Gasteiger partial charge in [0.15, 0.2) is 0 Å².